The predicted molar refractivity (Wildman–Crippen MR) is 91.3 cm³/mol. The minimum Gasteiger partial charge on any atom is -0.384 e. The van der Waals surface area contributed by atoms with Gasteiger partial charge in [0, 0.05) is 23.4 Å². The van der Waals surface area contributed by atoms with Crippen molar-refractivity contribution in [2.24, 2.45) is 0 Å². The van der Waals surface area contributed by atoms with Gasteiger partial charge in [0.05, 0.1) is 6.61 Å². The third kappa shape index (κ3) is 4.72. The van der Waals surface area contributed by atoms with Crippen LogP contribution < -0.4 is 16.6 Å². The maximum absolute atomic E-state index is 12.1. The summed E-state index contributed by atoms with van der Waals surface area (Å²) in [6.07, 6.45) is 0. The highest BCUT2D eigenvalue weighted by atomic mass is 35.5. The van der Waals surface area contributed by atoms with Crippen molar-refractivity contribution in [2.75, 3.05) is 30.5 Å². The van der Waals surface area contributed by atoms with Crippen LogP contribution in [0.3, 0.4) is 0 Å². The molecule has 122 valence electrons. The van der Waals surface area contributed by atoms with Crippen LogP contribution in [0.4, 0.5) is 11.5 Å². The van der Waals surface area contributed by atoms with Gasteiger partial charge >= 0.3 is 0 Å². The van der Waals surface area contributed by atoms with Crippen molar-refractivity contribution in [1.82, 2.24) is 9.97 Å². The normalized spacial score (nSPS) is 10.5. The molecule has 9 heteroatoms. The molecular weight excluding hydrogens is 340 g/mol. The van der Waals surface area contributed by atoms with Crippen LogP contribution >= 0.6 is 23.4 Å². The second-order valence-electron chi connectivity index (χ2n) is 4.43. The molecule has 0 aliphatic rings. The zero-order valence-corrected chi connectivity index (χ0v) is 13.8. The first-order valence-corrected chi connectivity index (χ1v) is 7.96. The molecule has 2 aromatic rings. The van der Waals surface area contributed by atoms with Crippen molar-refractivity contribution in [3.63, 3.8) is 0 Å². The first-order chi connectivity index (χ1) is 11.0. The number of benzene rings is 1. The van der Waals surface area contributed by atoms with E-state index in [9.17, 15) is 9.59 Å². The minimum atomic E-state index is -0.514. The highest BCUT2D eigenvalue weighted by Gasteiger charge is 2.14. The highest BCUT2D eigenvalue weighted by Crippen LogP contribution is 2.17. The fraction of sp³-hybridized carbons (Fsp3) is 0.214. The number of anilines is 2. The number of carbonyl (C=O) groups excluding carboxylic acids is 1. The van der Waals surface area contributed by atoms with Crippen LogP contribution in [-0.2, 0) is 4.74 Å². The largest absolute Gasteiger partial charge is 0.384 e. The lowest BCUT2D eigenvalue weighted by Crippen LogP contribution is -2.23. The molecule has 1 aromatic heterocycles. The second kappa shape index (κ2) is 8.00. The Labute approximate surface area is 141 Å². The van der Waals surface area contributed by atoms with E-state index in [1.807, 2.05) is 0 Å². The number of ether oxygens (including phenoxy) is 1. The number of nitrogens with zero attached hydrogens (tertiary/aromatic N) is 1. The Hall–Kier alpha value is -2.03. The minimum absolute atomic E-state index is 0.0454. The van der Waals surface area contributed by atoms with Crippen LogP contribution in [0.15, 0.2) is 34.2 Å². The highest BCUT2D eigenvalue weighted by molar-refractivity contribution is 7.99. The van der Waals surface area contributed by atoms with Gasteiger partial charge in [-0.3, -0.25) is 14.6 Å². The summed E-state index contributed by atoms with van der Waals surface area (Å²) >= 11 is 7.07. The van der Waals surface area contributed by atoms with E-state index < -0.39 is 11.5 Å². The monoisotopic (exact) mass is 354 g/mol. The summed E-state index contributed by atoms with van der Waals surface area (Å²) in [5, 5.41) is 3.34. The summed E-state index contributed by atoms with van der Waals surface area (Å²) in [5.74, 6) is 0.103. The standard InChI is InChI=1S/C14H15ClN4O3S/c1-22-6-7-23-14-18-11(16)10(13(21)19-14)17-12(20)8-2-4-9(15)5-3-8/h2-5H,6-7H2,1H3,(H,17,20)(H3,16,18,19,21). The maximum atomic E-state index is 12.1. The average molecular weight is 355 g/mol. The van der Waals surface area contributed by atoms with Crippen molar-refractivity contribution in [2.45, 2.75) is 5.16 Å². The summed E-state index contributed by atoms with van der Waals surface area (Å²) in [6, 6.07) is 6.25. The van der Waals surface area contributed by atoms with Gasteiger partial charge in [-0.2, -0.15) is 0 Å². The van der Waals surface area contributed by atoms with Gasteiger partial charge in [-0.25, -0.2) is 4.98 Å². The average Bonchev–Trinajstić information content (AvgIpc) is 2.51. The number of nitrogens with two attached hydrogens (primary N) is 1. The third-order valence-electron chi connectivity index (χ3n) is 2.80. The van der Waals surface area contributed by atoms with E-state index in [-0.39, 0.29) is 11.5 Å². The lowest BCUT2D eigenvalue weighted by atomic mass is 10.2. The molecule has 1 amide bonds. The first kappa shape index (κ1) is 17.3. The Morgan fingerprint density at radius 2 is 2.13 bits per heavy atom. The number of nitrogens with one attached hydrogen (secondary N) is 2. The molecular formula is C14H15ClN4O3S. The van der Waals surface area contributed by atoms with E-state index in [1.165, 1.54) is 11.8 Å². The van der Waals surface area contributed by atoms with Gasteiger partial charge in [-0.05, 0) is 24.3 Å². The molecule has 0 saturated heterocycles. The second-order valence-corrected chi connectivity index (χ2v) is 5.95. The number of aromatic nitrogens is 2. The molecule has 0 spiro atoms. The first-order valence-electron chi connectivity index (χ1n) is 6.59. The number of halogens is 1. The molecule has 0 atom stereocenters. The van der Waals surface area contributed by atoms with Gasteiger partial charge in [0.1, 0.15) is 5.69 Å². The molecule has 0 aliphatic heterocycles. The van der Waals surface area contributed by atoms with Crippen LogP contribution in [-0.4, -0.2) is 35.3 Å². The predicted octanol–water partition coefficient (Wildman–Crippen LogP) is 2.00. The molecule has 1 aromatic carbocycles. The number of hydrogen-bond acceptors (Lipinski definition) is 6. The summed E-state index contributed by atoms with van der Waals surface area (Å²) in [5.41, 5.74) is 5.52. The Kier molecular flexibility index (Phi) is 6.03. The molecule has 1 heterocycles. The molecule has 23 heavy (non-hydrogen) atoms. The molecule has 0 aliphatic carbocycles. The Morgan fingerprint density at radius 3 is 2.74 bits per heavy atom. The quantitative estimate of drug-likeness (QED) is 0.415. The number of nitrogen functional groups attached to an aromatic ring is 1. The lowest BCUT2D eigenvalue weighted by molar-refractivity contribution is 0.102. The van der Waals surface area contributed by atoms with E-state index in [2.05, 4.69) is 15.3 Å². The Morgan fingerprint density at radius 1 is 1.43 bits per heavy atom. The van der Waals surface area contributed by atoms with Crippen LogP contribution in [0.1, 0.15) is 10.4 Å². The van der Waals surface area contributed by atoms with Crippen molar-refractivity contribution in [1.29, 1.82) is 0 Å². The molecule has 0 bridgehead atoms. The number of methoxy groups -OCH3 is 1. The van der Waals surface area contributed by atoms with E-state index in [0.29, 0.717) is 28.1 Å². The smallest absolute Gasteiger partial charge is 0.277 e. The molecule has 0 fully saturated rings. The number of aromatic amines is 1. The van der Waals surface area contributed by atoms with Crippen molar-refractivity contribution in [3.8, 4) is 0 Å². The van der Waals surface area contributed by atoms with Gasteiger partial charge in [-0.15, -0.1) is 0 Å². The summed E-state index contributed by atoms with van der Waals surface area (Å²) < 4.78 is 4.92. The van der Waals surface area contributed by atoms with Crippen molar-refractivity contribution >= 4 is 40.8 Å². The number of H-pyrrole nitrogens is 1. The van der Waals surface area contributed by atoms with Crippen LogP contribution in [0.5, 0.6) is 0 Å². The van der Waals surface area contributed by atoms with Crippen LogP contribution in [0.25, 0.3) is 0 Å². The van der Waals surface area contributed by atoms with Gasteiger partial charge < -0.3 is 15.8 Å². The van der Waals surface area contributed by atoms with Gasteiger partial charge in [-0.1, -0.05) is 23.4 Å². The van der Waals surface area contributed by atoms with Gasteiger partial charge in [0.25, 0.3) is 11.5 Å². The molecule has 0 saturated carbocycles. The zero-order valence-electron chi connectivity index (χ0n) is 12.3. The third-order valence-corrected chi connectivity index (χ3v) is 3.89. The van der Waals surface area contributed by atoms with E-state index in [1.54, 1.807) is 31.4 Å². The topological polar surface area (TPSA) is 110 Å². The number of amides is 1. The number of hydrogen-bond donors (Lipinski definition) is 3. The van der Waals surface area contributed by atoms with E-state index in [4.69, 9.17) is 22.1 Å². The zero-order chi connectivity index (χ0) is 16.8. The Balaban J connectivity index is 2.15. The Bertz CT molecular complexity index is 749. The maximum Gasteiger partial charge on any atom is 0.277 e. The van der Waals surface area contributed by atoms with Crippen LogP contribution in [0.2, 0.25) is 5.02 Å². The number of rotatable bonds is 6. The number of carbonyl (C=O) groups is 1. The number of thioether (sulfide) groups is 1. The summed E-state index contributed by atoms with van der Waals surface area (Å²) in [6.45, 7) is 0.517. The molecule has 0 radical (unpaired) electrons. The SMILES string of the molecule is COCCSc1nc(N)c(NC(=O)c2ccc(Cl)cc2)c(=O)[nH]1. The summed E-state index contributed by atoms with van der Waals surface area (Å²) in [7, 11) is 1.58. The molecule has 2 rings (SSSR count). The van der Waals surface area contributed by atoms with Crippen molar-refractivity contribution < 1.29 is 9.53 Å². The van der Waals surface area contributed by atoms with E-state index in [0.717, 1.165) is 0 Å². The fourth-order valence-electron chi connectivity index (χ4n) is 1.67. The molecule has 4 N–H and O–H groups in total. The van der Waals surface area contributed by atoms with E-state index >= 15 is 0 Å². The van der Waals surface area contributed by atoms with Gasteiger partial charge in [0.2, 0.25) is 0 Å². The summed E-state index contributed by atoms with van der Waals surface area (Å²) in [4.78, 5) is 30.8. The lowest BCUT2D eigenvalue weighted by Gasteiger charge is -2.08. The fourth-order valence-corrected chi connectivity index (χ4v) is 2.56. The molecule has 7 nitrogen and oxygen atoms in total. The molecule has 0 unspecified atom stereocenters. The van der Waals surface area contributed by atoms with Gasteiger partial charge in [0.15, 0.2) is 11.0 Å². The van der Waals surface area contributed by atoms with Crippen molar-refractivity contribution in [3.05, 3.63) is 45.2 Å². The van der Waals surface area contributed by atoms with Crippen LogP contribution in [0, 0.1) is 0 Å².